The first-order valence-electron chi connectivity index (χ1n) is 6.83. The lowest BCUT2D eigenvalue weighted by molar-refractivity contribution is 0.0980. The van der Waals surface area contributed by atoms with Crippen LogP contribution < -0.4 is 15.1 Å². The molecular formula is C12H20N6O. The third-order valence-corrected chi connectivity index (χ3v) is 3.57. The van der Waals surface area contributed by atoms with Gasteiger partial charge in [-0.1, -0.05) is 0 Å². The fraction of sp³-hybridized carbons (Fsp3) is 0.750. The van der Waals surface area contributed by atoms with Crippen LogP contribution in [-0.4, -0.2) is 66.9 Å². The van der Waals surface area contributed by atoms with E-state index in [1.54, 1.807) is 6.33 Å². The van der Waals surface area contributed by atoms with Gasteiger partial charge in [0.25, 0.3) is 0 Å². The van der Waals surface area contributed by atoms with Gasteiger partial charge in [-0.15, -0.1) is 0 Å². The van der Waals surface area contributed by atoms with E-state index in [9.17, 15) is 0 Å². The van der Waals surface area contributed by atoms with Crippen molar-refractivity contribution in [1.82, 2.24) is 20.3 Å². The summed E-state index contributed by atoms with van der Waals surface area (Å²) in [6, 6.07) is 0.312. The van der Waals surface area contributed by atoms with Crippen LogP contribution in [0.2, 0.25) is 0 Å². The van der Waals surface area contributed by atoms with E-state index in [0.29, 0.717) is 6.04 Å². The van der Waals surface area contributed by atoms with Gasteiger partial charge in [0.2, 0.25) is 11.9 Å². The number of aromatic nitrogens is 3. The first kappa shape index (κ1) is 12.6. The largest absolute Gasteiger partial charge is 0.377 e. The molecule has 2 aliphatic heterocycles. The highest BCUT2D eigenvalue weighted by atomic mass is 16.5. The average Bonchev–Trinajstić information content (AvgIpc) is 2.49. The van der Waals surface area contributed by atoms with Crippen LogP contribution in [0.15, 0.2) is 6.33 Å². The Hall–Kier alpha value is -1.47. The minimum Gasteiger partial charge on any atom is -0.377 e. The van der Waals surface area contributed by atoms with Crippen LogP contribution in [0.25, 0.3) is 0 Å². The van der Waals surface area contributed by atoms with E-state index in [1.165, 1.54) is 0 Å². The van der Waals surface area contributed by atoms with Gasteiger partial charge in [-0.3, -0.25) is 0 Å². The summed E-state index contributed by atoms with van der Waals surface area (Å²) in [6.45, 7) is 8.29. The molecule has 3 rings (SSSR count). The Labute approximate surface area is 113 Å². The third-order valence-electron chi connectivity index (χ3n) is 3.57. The van der Waals surface area contributed by atoms with E-state index in [4.69, 9.17) is 4.74 Å². The summed E-state index contributed by atoms with van der Waals surface area (Å²) < 4.78 is 5.45. The maximum atomic E-state index is 5.45. The summed E-state index contributed by atoms with van der Waals surface area (Å²) in [5.74, 6) is 1.55. The molecule has 1 aromatic rings. The molecule has 0 aromatic carbocycles. The molecule has 7 heteroatoms. The number of morpholine rings is 1. The second-order valence-corrected chi connectivity index (χ2v) is 4.94. The normalized spacial score (nSPS) is 24.6. The Balaban J connectivity index is 1.78. The van der Waals surface area contributed by atoms with E-state index in [-0.39, 0.29) is 0 Å². The molecule has 1 unspecified atom stereocenters. The van der Waals surface area contributed by atoms with Gasteiger partial charge in [-0.25, -0.2) is 9.97 Å². The molecule has 7 nitrogen and oxygen atoms in total. The zero-order valence-electron chi connectivity index (χ0n) is 11.2. The lowest BCUT2D eigenvalue weighted by Crippen LogP contribution is -2.46. The van der Waals surface area contributed by atoms with Crippen LogP contribution >= 0.6 is 0 Å². The van der Waals surface area contributed by atoms with Crippen LogP contribution in [0.4, 0.5) is 11.9 Å². The van der Waals surface area contributed by atoms with E-state index in [1.807, 2.05) is 0 Å². The van der Waals surface area contributed by atoms with E-state index in [2.05, 4.69) is 37.0 Å². The van der Waals surface area contributed by atoms with Gasteiger partial charge in [-0.05, 0) is 6.92 Å². The molecule has 2 aliphatic rings. The number of anilines is 2. The summed E-state index contributed by atoms with van der Waals surface area (Å²) in [4.78, 5) is 17.6. The maximum absolute atomic E-state index is 5.45. The van der Waals surface area contributed by atoms with Crippen molar-refractivity contribution in [2.24, 2.45) is 0 Å². The van der Waals surface area contributed by atoms with Crippen molar-refractivity contribution in [2.45, 2.75) is 13.0 Å². The summed E-state index contributed by atoms with van der Waals surface area (Å²) in [6.07, 6.45) is 1.61. The summed E-state index contributed by atoms with van der Waals surface area (Å²) in [5.41, 5.74) is 0. The predicted molar refractivity (Wildman–Crippen MR) is 72.5 cm³/mol. The lowest BCUT2D eigenvalue weighted by Gasteiger charge is -2.34. The minimum absolute atomic E-state index is 0.312. The third kappa shape index (κ3) is 2.76. The number of piperazine rings is 1. The second-order valence-electron chi connectivity index (χ2n) is 4.94. The van der Waals surface area contributed by atoms with Gasteiger partial charge in [0.1, 0.15) is 6.33 Å². The Morgan fingerprint density at radius 3 is 2.79 bits per heavy atom. The topological polar surface area (TPSA) is 66.4 Å². The van der Waals surface area contributed by atoms with Crippen LogP contribution in [0, 0.1) is 0 Å². The highest BCUT2D eigenvalue weighted by Crippen LogP contribution is 2.17. The molecule has 104 valence electrons. The predicted octanol–water partition coefficient (Wildman–Crippen LogP) is -0.494. The molecule has 0 radical (unpaired) electrons. The maximum Gasteiger partial charge on any atom is 0.230 e. The van der Waals surface area contributed by atoms with Gasteiger partial charge in [-0.2, -0.15) is 4.98 Å². The smallest absolute Gasteiger partial charge is 0.230 e. The number of rotatable bonds is 2. The summed E-state index contributed by atoms with van der Waals surface area (Å²) >= 11 is 0. The van der Waals surface area contributed by atoms with E-state index >= 15 is 0 Å². The first-order chi connectivity index (χ1) is 9.34. The van der Waals surface area contributed by atoms with Crippen LogP contribution in [0.3, 0.4) is 0 Å². The Morgan fingerprint density at radius 1 is 1.21 bits per heavy atom. The molecule has 0 spiro atoms. The first-order valence-corrected chi connectivity index (χ1v) is 6.83. The zero-order valence-corrected chi connectivity index (χ0v) is 11.2. The van der Waals surface area contributed by atoms with Crippen molar-refractivity contribution in [3.05, 3.63) is 6.33 Å². The zero-order chi connectivity index (χ0) is 13.1. The monoisotopic (exact) mass is 264 g/mol. The van der Waals surface area contributed by atoms with Crippen molar-refractivity contribution in [3.8, 4) is 0 Å². The van der Waals surface area contributed by atoms with Crippen LogP contribution in [-0.2, 0) is 4.74 Å². The standard InChI is InChI=1S/C12H20N6O/c1-10-8-19-7-6-18(10)12-15-9-14-11(16-12)17-4-2-13-3-5-17/h9-10,13H,2-8H2,1H3. The molecule has 3 heterocycles. The quantitative estimate of drug-likeness (QED) is 0.773. The molecule has 2 saturated heterocycles. The van der Waals surface area contributed by atoms with Gasteiger partial charge in [0, 0.05) is 32.7 Å². The molecule has 19 heavy (non-hydrogen) atoms. The molecular weight excluding hydrogens is 244 g/mol. The minimum atomic E-state index is 0.312. The van der Waals surface area contributed by atoms with Gasteiger partial charge >= 0.3 is 0 Å². The van der Waals surface area contributed by atoms with E-state index in [0.717, 1.165) is 57.8 Å². The fourth-order valence-corrected chi connectivity index (χ4v) is 2.46. The van der Waals surface area contributed by atoms with Crippen LogP contribution in [0.5, 0.6) is 0 Å². The van der Waals surface area contributed by atoms with Gasteiger partial charge in [0.15, 0.2) is 0 Å². The molecule has 0 saturated carbocycles. The van der Waals surface area contributed by atoms with Gasteiger partial charge in [0.05, 0.1) is 19.3 Å². The Bertz CT molecular complexity index is 422. The van der Waals surface area contributed by atoms with Crippen molar-refractivity contribution >= 4 is 11.9 Å². The molecule has 2 fully saturated rings. The number of hydrogen-bond donors (Lipinski definition) is 1. The van der Waals surface area contributed by atoms with Gasteiger partial charge < -0.3 is 19.9 Å². The molecule has 0 aliphatic carbocycles. The second kappa shape index (κ2) is 5.66. The van der Waals surface area contributed by atoms with Crippen molar-refractivity contribution < 1.29 is 4.74 Å². The highest BCUT2D eigenvalue weighted by Gasteiger charge is 2.22. The Kier molecular flexibility index (Phi) is 3.74. The molecule has 0 bridgehead atoms. The summed E-state index contributed by atoms with van der Waals surface area (Å²) in [7, 11) is 0. The molecule has 0 amide bonds. The van der Waals surface area contributed by atoms with Crippen molar-refractivity contribution in [2.75, 3.05) is 55.7 Å². The average molecular weight is 264 g/mol. The summed E-state index contributed by atoms with van der Waals surface area (Å²) in [5, 5.41) is 3.33. The number of nitrogens with one attached hydrogen (secondary N) is 1. The number of nitrogens with zero attached hydrogens (tertiary/aromatic N) is 5. The van der Waals surface area contributed by atoms with Crippen molar-refractivity contribution in [3.63, 3.8) is 0 Å². The molecule has 1 aromatic heterocycles. The van der Waals surface area contributed by atoms with Crippen molar-refractivity contribution in [1.29, 1.82) is 0 Å². The fourth-order valence-electron chi connectivity index (χ4n) is 2.46. The lowest BCUT2D eigenvalue weighted by atomic mass is 10.3. The number of hydrogen-bond acceptors (Lipinski definition) is 7. The van der Waals surface area contributed by atoms with E-state index < -0.39 is 0 Å². The highest BCUT2D eigenvalue weighted by molar-refractivity contribution is 5.39. The molecule has 1 N–H and O–H groups in total. The SMILES string of the molecule is CC1COCCN1c1ncnc(N2CCNCC2)n1. The Morgan fingerprint density at radius 2 is 2.00 bits per heavy atom. The molecule has 1 atom stereocenters. The van der Waals surface area contributed by atoms with Crippen LogP contribution in [0.1, 0.15) is 6.92 Å². The number of ether oxygens (including phenoxy) is 1.